The van der Waals surface area contributed by atoms with Gasteiger partial charge in [-0.1, -0.05) is 19.0 Å². The molecule has 2 rings (SSSR count). The normalized spacial score (nSPS) is 14.5. The third-order valence-electron chi connectivity index (χ3n) is 3.17. The molecule has 2 atom stereocenters. The number of hydrogen-bond acceptors (Lipinski definition) is 5. The molecule has 0 aliphatic carbocycles. The van der Waals surface area contributed by atoms with Crippen molar-refractivity contribution in [1.29, 1.82) is 0 Å². The van der Waals surface area contributed by atoms with Gasteiger partial charge in [0.1, 0.15) is 11.5 Å². The first-order valence-electron chi connectivity index (χ1n) is 6.78. The molecule has 0 saturated carbocycles. The maximum absolute atomic E-state index is 5.75. The van der Waals surface area contributed by atoms with Crippen molar-refractivity contribution < 1.29 is 8.94 Å². The number of rotatable bonds is 6. The van der Waals surface area contributed by atoms with E-state index in [9.17, 15) is 0 Å². The highest BCUT2D eigenvalue weighted by atomic mass is 16.5. The van der Waals surface area contributed by atoms with Crippen molar-refractivity contribution in [3.63, 3.8) is 0 Å². The van der Waals surface area contributed by atoms with Crippen molar-refractivity contribution in [2.45, 2.75) is 52.6 Å². The predicted molar refractivity (Wildman–Crippen MR) is 71.7 cm³/mol. The quantitative estimate of drug-likeness (QED) is 0.866. The highest BCUT2D eigenvalue weighted by molar-refractivity contribution is 5.11. The Hall–Kier alpha value is -1.62. The Morgan fingerprint density at radius 3 is 2.63 bits per heavy atom. The fourth-order valence-corrected chi connectivity index (χ4v) is 2.03. The second kappa shape index (κ2) is 6.02. The summed E-state index contributed by atoms with van der Waals surface area (Å²) in [6.45, 7) is 8.05. The van der Waals surface area contributed by atoms with Crippen LogP contribution in [-0.4, -0.2) is 10.1 Å². The Labute approximate surface area is 113 Å². The summed E-state index contributed by atoms with van der Waals surface area (Å²) in [5.74, 6) is 3.24. The van der Waals surface area contributed by atoms with Crippen molar-refractivity contribution in [2.75, 3.05) is 0 Å². The predicted octanol–water partition coefficient (Wildman–Crippen LogP) is 3.34. The highest BCUT2D eigenvalue weighted by Crippen LogP contribution is 2.22. The molecule has 2 aromatic heterocycles. The SMILES string of the molecule is CCc1ccc(C(C)NC(CC)c2noc(C)n2)o1. The van der Waals surface area contributed by atoms with E-state index in [1.54, 1.807) is 6.92 Å². The van der Waals surface area contributed by atoms with Gasteiger partial charge in [0.25, 0.3) is 0 Å². The third-order valence-corrected chi connectivity index (χ3v) is 3.17. The minimum absolute atomic E-state index is 0.0719. The minimum Gasteiger partial charge on any atom is -0.464 e. The average molecular weight is 263 g/mol. The molecule has 104 valence electrons. The molecule has 0 spiro atoms. The summed E-state index contributed by atoms with van der Waals surface area (Å²) >= 11 is 0. The summed E-state index contributed by atoms with van der Waals surface area (Å²) in [5.41, 5.74) is 0. The third kappa shape index (κ3) is 3.23. The maximum atomic E-state index is 5.75. The van der Waals surface area contributed by atoms with E-state index in [-0.39, 0.29) is 12.1 Å². The zero-order valence-corrected chi connectivity index (χ0v) is 11.9. The van der Waals surface area contributed by atoms with E-state index in [2.05, 4.69) is 36.2 Å². The highest BCUT2D eigenvalue weighted by Gasteiger charge is 2.20. The van der Waals surface area contributed by atoms with Crippen LogP contribution < -0.4 is 5.32 Å². The topological polar surface area (TPSA) is 64.1 Å². The summed E-state index contributed by atoms with van der Waals surface area (Å²) in [6.07, 6.45) is 1.80. The number of nitrogens with one attached hydrogen (secondary N) is 1. The minimum atomic E-state index is 0.0719. The molecule has 2 unspecified atom stereocenters. The van der Waals surface area contributed by atoms with Gasteiger partial charge in [-0.3, -0.25) is 5.32 Å². The molecule has 0 fully saturated rings. The molecule has 0 aliphatic heterocycles. The molecule has 5 nitrogen and oxygen atoms in total. The second-order valence-corrected chi connectivity index (χ2v) is 4.68. The summed E-state index contributed by atoms with van der Waals surface area (Å²) < 4.78 is 10.8. The fourth-order valence-electron chi connectivity index (χ4n) is 2.03. The van der Waals surface area contributed by atoms with Gasteiger partial charge in [0.05, 0.1) is 12.1 Å². The molecule has 5 heteroatoms. The van der Waals surface area contributed by atoms with E-state index in [0.29, 0.717) is 11.7 Å². The molecule has 0 aromatic carbocycles. The van der Waals surface area contributed by atoms with Crippen LogP contribution in [0.2, 0.25) is 0 Å². The van der Waals surface area contributed by atoms with Gasteiger partial charge < -0.3 is 8.94 Å². The van der Waals surface area contributed by atoms with E-state index >= 15 is 0 Å². The van der Waals surface area contributed by atoms with Crippen LogP contribution >= 0.6 is 0 Å². The summed E-state index contributed by atoms with van der Waals surface area (Å²) in [7, 11) is 0. The molecule has 0 saturated heterocycles. The average Bonchev–Trinajstić information content (AvgIpc) is 3.04. The monoisotopic (exact) mass is 263 g/mol. The molecule has 0 amide bonds. The molecule has 2 heterocycles. The molecule has 0 bridgehead atoms. The number of aryl methyl sites for hydroxylation is 2. The van der Waals surface area contributed by atoms with Crippen molar-refractivity contribution in [2.24, 2.45) is 0 Å². The van der Waals surface area contributed by atoms with Crippen LogP contribution in [0.1, 0.15) is 62.5 Å². The van der Waals surface area contributed by atoms with Crippen LogP contribution in [0, 0.1) is 6.92 Å². The lowest BCUT2D eigenvalue weighted by Crippen LogP contribution is -2.24. The van der Waals surface area contributed by atoms with Gasteiger partial charge in [0.15, 0.2) is 5.82 Å². The van der Waals surface area contributed by atoms with Gasteiger partial charge in [0, 0.05) is 13.3 Å². The summed E-state index contributed by atoms with van der Waals surface area (Å²) in [6, 6.07) is 4.23. The lowest BCUT2D eigenvalue weighted by molar-refractivity contribution is 0.347. The van der Waals surface area contributed by atoms with Crippen molar-refractivity contribution in [3.8, 4) is 0 Å². The van der Waals surface area contributed by atoms with E-state index in [1.807, 2.05) is 12.1 Å². The Kier molecular flexibility index (Phi) is 4.37. The van der Waals surface area contributed by atoms with Gasteiger partial charge in [-0.15, -0.1) is 0 Å². The lowest BCUT2D eigenvalue weighted by Gasteiger charge is -2.18. The zero-order valence-electron chi connectivity index (χ0n) is 11.9. The van der Waals surface area contributed by atoms with Gasteiger partial charge in [-0.2, -0.15) is 4.98 Å². The first-order valence-corrected chi connectivity index (χ1v) is 6.78. The number of nitrogens with zero attached hydrogens (tertiary/aromatic N) is 2. The Morgan fingerprint density at radius 2 is 2.11 bits per heavy atom. The Balaban J connectivity index is 2.05. The van der Waals surface area contributed by atoms with Crippen LogP contribution in [0.3, 0.4) is 0 Å². The van der Waals surface area contributed by atoms with E-state index < -0.39 is 0 Å². The second-order valence-electron chi connectivity index (χ2n) is 4.68. The first kappa shape index (κ1) is 13.8. The van der Waals surface area contributed by atoms with Crippen LogP contribution in [0.25, 0.3) is 0 Å². The van der Waals surface area contributed by atoms with Crippen LogP contribution in [-0.2, 0) is 6.42 Å². The summed E-state index contributed by atoms with van der Waals surface area (Å²) in [4.78, 5) is 4.28. The molecular weight excluding hydrogens is 242 g/mol. The van der Waals surface area contributed by atoms with Crippen molar-refractivity contribution in [3.05, 3.63) is 35.4 Å². The number of hydrogen-bond donors (Lipinski definition) is 1. The van der Waals surface area contributed by atoms with Gasteiger partial charge in [-0.25, -0.2) is 0 Å². The van der Waals surface area contributed by atoms with Crippen molar-refractivity contribution >= 4 is 0 Å². The smallest absolute Gasteiger partial charge is 0.223 e. The Bertz CT molecular complexity index is 518. The number of aromatic nitrogens is 2. The van der Waals surface area contributed by atoms with Crippen LogP contribution in [0.15, 0.2) is 21.1 Å². The van der Waals surface area contributed by atoms with E-state index in [4.69, 9.17) is 8.94 Å². The van der Waals surface area contributed by atoms with Crippen LogP contribution in [0.5, 0.6) is 0 Å². The molecule has 19 heavy (non-hydrogen) atoms. The van der Waals surface area contributed by atoms with Gasteiger partial charge >= 0.3 is 0 Å². The molecule has 1 N–H and O–H groups in total. The largest absolute Gasteiger partial charge is 0.464 e. The lowest BCUT2D eigenvalue weighted by atomic mass is 10.1. The van der Waals surface area contributed by atoms with Gasteiger partial charge in [-0.05, 0) is 25.5 Å². The molecule has 0 radical (unpaired) electrons. The van der Waals surface area contributed by atoms with E-state index in [1.165, 1.54) is 0 Å². The van der Waals surface area contributed by atoms with Crippen molar-refractivity contribution in [1.82, 2.24) is 15.5 Å². The van der Waals surface area contributed by atoms with Gasteiger partial charge in [0.2, 0.25) is 5.89 Å². The summed E-state index contributed by atoms with van der Waals surface area (Å²) in [5, 5.41) is 7.45. The molecule has 2 aromatic rings. The fraction of sp³-hybridized carbons (Fsp3) is 0.571. The van der Waals surface area contributed by atoms with E-state index in [0.717, 1.165) is 24.4 Å². The zero-order chi connectivity index (χ0) is 13.8. The maximum Gasteiger partial charge on any atom is 0.223 e. The van der Waals surface area contributed by atoms with Crippen LogP contribution in [0.4, 0.5) is 0 Å². The standard InChI is InChI=1S/C14H21N3O2/c1-5-11-7-8-13(18-11)9(3)15-12(6-2)14-16-10(4)19-17-14/h7-9,12,15H,5-6H2,1-4H3. The Morgan fingerprint density at radius 1 is 1.32 bits per heavy atom. The first-order chi connectivity index (χ1) is 9.13. The number of furan rings is 1. The molecule has 0 aliphatic rings. The molecular formula is C14H21N3O2.